The molecule has 0 atom stereocenters. The van der Waals surface area contributed by atoms with Crippen LogP contribution in [0.25, 0.3) is 22.4 Å². The van der Waals surface area contributed by atoms with Gasteiger partial charge in [-0.25, -0.2) is 0 Å². The molecule has 0 bridgehead atoms. The summed E-state index contributed by atoms with van der Waals surface area (Å²) in [5.41, 5.74) is 8.25. The van der Waals surface area contributed by atoms with Gasteiger partial charge >= 0.3 is 0 Å². The molecular weight excluding hydrogens is 254 g/mol. The molecule has 0 radical (unpaired) electrons. The Kier molecular flexibility index (Phi) is 3.57. The predicted molar refractivity (Wildman–Crippen MR) is 89.3 cm³/mol. The van der Waals surface area contributed by atoms with Crippen molar-refractivity contribution < 1.29 is 0 Å². The largest absolute Gasteiger partial charge is 0.253 e. The lowest BCUT2D eigenvalue weighted by molar-refractivity contribution is 1.20. The maximum Gasteiger partial charge on any atom is 0.0711 e. The van der Waals surface area contributed by atoms with Crippen molar-refractivity contribution in [1.29, 1.82) is 0 Å². The summed E-state index contributed by atoms with van der Waals surface area (Å²) in [6.45, 7) is 6.26. The minimum atomic E-state index is 1.03. The molecule has 0 amide bonds. The summed E-state index contributed by atoms with van der Waals surface area (Å²) < 4.78 is 0. The van der Waals surface area contributed by atoms with Crippen molar-refractivity contribution in [3.8, 4) is 22.4 Å². The molecule has 1 aromatic heterocycles. The highest BCUT2D eigenvalue weighted by atomic mass is 14.7. The van der Waals surface area contributed by atoms with Gasteiger partial charge in [0, 0.05) is 11.3 Å². The molecule has 1 heterocycles. The topological polar surface area (TPSA) is 12.9 Å². The number of aromatic nitrogens is 1. The van der Waals surface area contributed by atoms with E-state index in [1.807, 2.05) is 0 Å². The van der Waals surface area contributed by atoms with Gasteiger partial charge < -0.3 is 0 Å². The van der Waals surface area contributed by atoms with Gasteiger partial charge in [0.1, 0.15) is 0 Å². The van der Waals surface area contributed by atoms with E-state index < -0.39 is 0 Å². The van der Waals surface area contributed by atoms with Gasteiger partial charge in [-0.1, -0.05) is 59.7 Å². The number of aryl methyl sites for hydroxylation is 3. The van der Waals surface area contributed by atoms with Gasteiger partial charge in [0.15, 0.2) is 0 Å². The lowest BCUT2D eigenvalue weighted by Gasteiger charge is -2.08. The molecular formula is C20H19N. The first-order chi connectivity index (χ1) is 10.1. The summed E-state index contributed by atoms with van der Waals surface area (Å²) in [5.74, 6) is 0. The molecule has 1 nitrogen and oxygen atoms in total. The first-order valence-electron chi connectivity index (χ1n) is 7.24. The van der Waals surface area contributed by atoms with Gasteiger partial charge in [-0.15, -0.1) is 0 Å². The Labute approximate surface area is 126 Å². The summed E-state index contributed by atoms with van der Waals surface area (Å²) in [6, 6.07) is 21.5. The molecule has 0 saturated carbocycles. The number of benzene rings is 2. The lowest BCUT2D eigenvalue weighted by Crippen LogP contribution is -1.90. The Hall–Kier alpha value is -2.41. The van der Waals surface area contributed by atoms with E-state index in [1.54, 1.807) is 0 Å². The minimum absolute atomic E-state index is 1.03. The number of hydrogen-bond acceptors (Lipinski definition) is 1. The van der Waals surface area contributed by atoms with Crippen LogP contribution in [-0.4, -0.2) is 4.98 Å². The fraction of sp³-hybridized carbons (Fsp3) is 0.150. The van der Waals surface area contributed by atoms with Crippen LogP contribution in [0.4, 0.5) is 0 Å². The van der Waals surface area contributed by atoms with Crippen LogP contribution in [0, 0.1) is 20.8 Å². The molecule has 0 N–H and O–H groups in total. The maximum absolute atomic E-state index is 4.68. The second-order valence-electron chi connectivity index (χ2n) is 5.61. The fourth-order valence-electron chi connectivity index (χ4n) is 2.45. The zero-order valence-corrected chi connectivity index (χ0v) is 12.7. The molecule has 0 aliphatic heterocycles. The van der Waals surface area contributed by atoms with Crippen molar-refractivity contribution in [1.82, 2.24) is 4.98 Å². The summed E-state index contributed by atoms with van der Waals surface area (Å²) in [4.78, 5) is 4.68. The van der Waals surface area contributed by atoms with E-state index in [4.69, 9.17) is 0 Å². The van der Waals surface area contributed by atoms with Crippen molar-refractivity contribution in [3.63, 3.8) is 0 Å². The molecule has 3 rings (SSSR count). The van der Waals surface area contributed by atoms with Crippen molar-refractivity contribution in [3.05, 3.63) is 77.5 Å². The second kappa shape index (κ2) is 5.53. The first kappa shape index (κ1) is 13.6. The Morgan fingerprint density at radius 2 is 1.10 bits per heavy atom. The molecule has 0 aliphatic carbocycles. The normalized spacial score (nSPS) is 10.6. The Morgan fingerprint density at radius 1 is 0.571 bits per heavy atom. The highest BCUT2D eigenvalue weighted by Crippen LogP contribution is 2.26. The SMILES string of the molecule is Cc1ccc(-c2cc(C)nc(-c3ccc(C)cc3)c2)cc1. The van der Waals surface area contributed by atoms with Crippen LogP contribution in [0.1, 0.15) is 16.8 Å². The van der Waals surface area contributed by atoms with Gasteiger partial charge in [-0.3, -0.25) is 4.98 Å². The Morgan fingerprint density at radius 3 is 1.67 bits per heavy atom. The molecule has 3 aromatic rings. The smallest absolute Gasteiger partial charge is 0.0711 e. The molecule has 0 saturated heterocycles. The van der Waals surface area contributed by atoms with E-state index in [0.29, 0.717) is 0 Å². The van der Waals surface area contributed by atoms with E-state index >= 15 is 0 Å². The monoisotopic (exact) mass is 273 g/mol. The third-order valence-corrected chi connectivity index (χ3v) is 3.69. The van der Waals surface area contributed by atoms with Crippen LogP contribution in [0.2, 0.25) is 0 Å². The predicted octanol–water partition coefficient (Wildman–Crippen LogP) is 5.34. The minimum Gasteiger partial charge on any atom is -0.253 e. The number of rotatable bonds is 2. The molecule has 1 heteroatoms. The molecule has 0 unspecified atom stereocenters. The standard InChI is InChI=1S/C20H19N/c1-14-4-8-17(9-5-14)19-12-16(3)21-20(13-19)18-10-6-15(2)7-11-18/h4-13H,1-3H3. The molecule has 0 fully saturated rings. The fourth-order valence-corrected chi connectivity index (χ4v) is 2.45. The summed E-state index contributed by atoms with van der Waals surface area (Å²) in [7, 11) is 0. The van der Waals surface area contributed by atoms with E-state index in [9.17, 15) is 0 Å². The van der Waals surface area contributed by atoms with Gasteiger partial charge in [0.05, 0.1) is 5.69 Å². The third-order valence-electron chi connectivity index (χ3n) is 3.69. The van der Waals surface area contributed by atoms with Gasteiger partial charge in [0.2, 0.25) is 0 Å². The quantitative estimate of drug-likeness (QED) is 0.614. The van der Waals surface area contributed by atoms with Crippen LogP contribution in [0.3, 0.4) is 0 Å². The highest BCUT2D eigenvalue weighted by Gasteiger charge is 2.05. The molecule has 0 aliphatic rings. The Balaban J connectivity index is 2.07. The highest BCUT2D eigenvalue weighted by molar-refractivity contribution is 5.71. The summed E-state index contributed by atoms with van der Waals surface area (Å²) in [6.07, 6.45) is 0. The zero-order valence-electron chi connectivity index (χ0n) is 12.7. The third kappa shape index (κ3) is 3.03. The van der Waals surface area contributed by atoms with Crippen molar-refractivity contribution in [2.24, 2.45) is 0 Å². The lowest BCUT2D eigenvalue weighted by atomic mass is 10.0. The molecule has 2 aromatic carbocycles. The van der Waals surface area contributed by atoms with Crippen LogP contribution in [-0.2, 0) is 0 Å². The summed E-state index contributed by atoms with van der Waals surface area (Å²) >= 11 is 0. The van der Waals surface area contributed by atoms with Crippen molar-refractivity contribution in [2.45, 2.75) is 20.8 Å². The van der Waals surface area contributed by atoms with Gasteiger partial charge in [-0.05, 0) is 44.0 Å². The maximum atomic E-state index is 4.68. The molecule has 21 heavy (non-hydrogen) atoms. The van der Waals surface area contributed by atoms with Gasteiger partial charge in [0.25, 0.3) is 0 Å². The molecule has 104 valence electrons. The van der Waals surface area contributed by atoms with E-state index in [2.05, 4.69) is 86.4 Å². The van der Waals surface area contributed by atoms with Crippen LogP contribution in [0.5, 0.6) is 0 Å². The van der Waals surface area contributed by atoms with Crippen LogP contribution >= 0.6 is 0 Å². The van der Waals surface area contributed by atoms with Gasteiger partial charge in [-0.2, -0.15) is 0 Å². The van der Waals surface area contributed by atoms with Crippen molar-refractivity contribution >= 4 is 0 Å². The number of nitrogens with zero attached hydrogens (tertiary/aromatic N) is 1. The van der Waals surface area contributed by atoms with Crippen molar-refractivity contribution in [2.75, 3.05) is 0 Å². The first-order valence-corrected chi connectivity index (χ1v) is 7.24. The molecule has 0 spiro atoms. The van der Waals surface area contributed by atoms with E-state index in [-0.39, 0.29) is 0 Å². The Bertz CT molecular complexity index is 689. The average Bonchev–Trinajstić information content (AvgIpc) is 2.48. The average molecular weight is 273 g/mol. The second-order valence-corrected chi connectivity index (χ2v) is 5.61. The van der Waals surface area contributed by atoms with E-state index in [1.165, 1.54) is 22.3 Å². The number of pyridine rings is 1. The summed E-state index contributed by atoms with van der Waals surface area (Å²) in [5, 5.41) is 0. The van der Waals surface area contributed by atoms with Crippen LogP contribution in [0.15, 0.2) is 60.7 Å². The zero-order chi connectivity index (χ0) is 14.8. The number of hydrogen-bond donors (Lipinski definition) is 0. The van der Waals surface area contributed by atoms with E-state index in [0.717, 1.165) is 17.0 Å². The van der Waals surface area contributed by atoms with Crippen LogP contribution < -0.4 is 0 Å².